The first-order valence-electron chi connectivity index (χ1n) is 7.75. The van der Waals surface area contributed by atoms with E-state index in [1.54, 1.807) is 12.1 Å². The number of para-hydroxylation sites is 1. The van der Waals surface area contributed by atoms with Gasteiger partial charge in [-0.15, -0.1) is 0 Å². The summed E-state index contributed by atoms with van der Waals surface area (Å²) in [6.45, 7) is -0.477. The van der Waals surface area contributed by atoms with Crippen molar-refractivity contribution in [2.24, 2.45) is 5.73 Å². The van der Waals surface area contributed by atoms with Crippen LogP contribution in [0.2, 0.25) is 0 Å². The lowest BCUT2D eigenvalue weighted by Gasteiger charge is -2.09. The van der Waals surface area contributed by atoms with Gasteiger partial charge in [0.25, 0.3) is 5.91 Å². The SMILES string of the molecule is NC(=O)c1ccccc1OCC#CCNS(=O)(=O)c1cccc(C(F)(F)F)c1. The van der Waals surface area contributed by atoms with Crippen LogP contribution in [0.3, 0.4) is 0 Å². The molecule has 0 fully saturated rings. The lowest BCUT2D eigenvalue weighted by molar-refractivity contribution is -0.137. The van der Waals surface area contributed by atoms with Crippen molar-refractivity contribution in [3.63, 3.8) is 0 Å². The number of nitrogens with one attached hydrogen (secondary N) is 1. The summed E-state index contributed by atoms with van der Waals surface area (Å²) in [6, 6.07) is 9.63. The zero-order chi connectivity index (χ0) is 20.8. The summed E-state index contributed by atoms with van der Waals surface area (Å²) >= 11 is 0. The van der Waals surface area contributed by atoms with Crippen molar-refractivity contribution in [1.29, 1.82) is 0 Å². The predicted octanol–water partition coefficient (Wildman–Crippen LogP) is 2.17. The van der Waals surface area contributed by atoms with Gasteiger partial charge >= 0.3 is 6.18 Å². The Balaban J connectivity index is 1.95. The number of ether oxygens (including phenoxy) is 1. The fraction of sp³-hybridized carbons (Fsp3) is 0.167. The van der Waals surface area contributed by atoms with E-state index in [4.69, 9.17) is 10.5 Å². The van der Waals surface area contributed by atoms with Crippen molar-refractivity contribution in [3.8, 4) is 17.6 Å². The molecule has 2 rings (SSSR count). The molecule has 0 saturated heterocycles. The first-order chi connectivity index (χ1) is 13.1. The third kappa shape index (κ3) is 5.73. The molecule has 0 aliphatic heterocycles. The zero-order valence-electron chi connectivity index (χ0n) is 14.3. The summed E-state index contributed by atoms with van der Waals surface area (Å²) in [7, 11) is -4.15. The Morgan fingerprint density at radius 1 is 1.11 bits per heavy atom. The quantitative estimate of drug-likeness (QED) is 0.711. The molecular formula is C18H15F3N2O4S. The molecule has 0 bridgehead atoms. The van der Waals surface area contributed by atoms with Crippen LogP contribution in [0.5, 0.6) is 5.75 Å². The minimum atomic E-state index is -4.65. The molecule has 0 saturated carbocycles. The van der Waals surface area contributed by atoms with E-state index >= 15 is 0 Å². The lowest BCUT2D eigenvalue weighted by Crippen LogP contribution is -2.24. The molecule has 28 heavy (non-hydrogen) atoms. The monoisotopic (exact) mass is 412 g/mol. The van der Waals surface area contributed by atoms with E-state index in [0.717, 1.165) is 18.2 Å². The van der Waals surface area contributed by atoms with E-state index < -0.39 is 32.6 Å². The molecule has 6 nitrogen and oxygen atoms in total. The fourth-order valence-corrected chi connectivity index (χ4v) is 3.05. The van der Waals surface area contributed by atoms with Gasteiger partial charge in [-0.3, -0.25) is 4.79 Å². The van der Waals surface area contributed by atoms with Gasteiger partial charge in [0.2, 0.25) is 10.0 Å². The molecule has 0 unspecified atom stereocenters. The van der Waals surface area contributed by atoms with Gasteiger partial charge in [-0.2, -0.15) is 17.9 Å². The van der Waals surface area contributed by atoms with Crippen LogP contribution in [0, 0.1) is 11.8 Å². The van der Waals surface area contributed by atoms with Gasteiger partial charge in [0, 0.05) is 0 Å². The molecule has 1 amide bonds. The van der Waals surface area contributed by atoms with Crippen LogP contribution < -0.4 is 15.2 Å². The Kier molecular flexibility index (Phi) is 6.66. The average Bonchev–Trinajstić information content (AvgIpc) is 2.64. The average molecular weight is 412 g/mol. The van der Waals surface area contributed by atoms with Gasteiger partial charge in [0.05, 0.1) is 22.6 Å². The number of sulfonamides is 1. The summed E-state index contributed by atoms with van der Waals surface area (Å²) in [5.74, 6) is 4.56. The molecule has 0 spiro atoms. The third-order valence-corrected chi connectivity index (χ3v) is 4.80. The molecule has 0 aliphatic rings. The van der Waals surface area contributed by atoms with E-state index in [-0.39, 0.29) is 24.5 Å². The zero-order valence-corrected chi connectivity index (χ0v) is 15.1. The predicted molar refractivity (Wildman–Crippen MR) is 94.9 cm³/mol. The molecule has 148 valence electrons. The second-order valence-corrected chi connectivity index (χ2v) is 7.12. The minimum Gasteiger partial charge on any atom is -0.480 e. The van der Waals surface area contributed by atoms with E-state index in [9.17, 15) is 26.4 Å². The maximum atomic E-state index is 12.7. The molecular weight excluding hydrogens is 397 g/mol. The molecule has 2 aromatic carbocycles. The van der Waals surface area contributed by atoms with Crippen molar-refractivity contribution in [2.45, 2.75) is 11.1 Å². The standard InChI is InChI=1S/C18H15F3N2O4S/c19-18(20,21)13-6-5-7-14(12-13)28(25,26)23-10-3-4-11-27-16-9-2-1-8-15(16)17(22)24/h1-2,5-9,12,23H,10-11H2,(H2,22,24). The van der Waals surface area contributed by atoms with Crippen LogP contribution in [0.25, 0.3) is 0 Å². The first kappa shape index (κ1) is 21.3. The normalized spacial score (nSPS) is 11.4. The summed E-state index contributed by atoms with van der Waals surface area (Å²) in [4.78, 5) is 10.7. The second kappa shape index (κ2) is 8.77. The molecule has 10 heteroatoms. The van der Waals surface area contributed by atoms with E-state index in [1.165, 1.54) is 12.1 Å². The largest absolute Gasteiger partial charge is 0.480 e. The van der Waals surface area contributed by atoms with Gasteiger partial charge in [-0.1, -0.05) is 30.0 Å². The number of primary amides is 1. The molecule has 0 aromatic heterocycles. The number of alkyl halides is 3. The van der Waals surface area contributed by atoms with Crippen molar-refractivity contribution in [3.05, 3.63) is 59.7 Å². The lowest BCUT2D eigenvalue weighted by atomic mass is 10.2. The molecule has 0 radical (unpaired) electrons. The van der Waals surface area contributed by atoms with Crippen LogP contribution in [0.1, 0.15) is 15.9 Å². The van der Waals surface area contributed by atoms with Crippen LogP contribution in [-0.2, 0) is 16.2 Å². The van der Waals surface area contributed by atoms with E-state index in [1.807, 2.05) is 0 Å². The van der Waals surface area contributed by atoms with Crippen LogP contribution >= 0.6 is 0 Å². The maximum Gasteiger partial charge on any atom is 0.416 e. The molecule has 0 heterocycles. The van der Waals surface area contributed by atoms with Crippen molar-refractivity contribution < 1.29 is 31.1 Å². The first-order valence-corrected chi connectivity index (χ1v) is 9.24. The molecule has 3 N–H and O–H groups in total. The fourth-order valence-electron chi connectivity index (χ4n) is 2.08. The van der Waals surface area contributed by atoms with E-state index in [2.05, 4.69) is 16.6 Å². The second-order valence-electron chi connectivity index (χ2n) is 5.35. The summed E-state index contributed by atoms with van der Waals surface area (Å²) in [5, 5.41) is 0. The Morgan fingerprint density at radius 2 is 1.82 bits per heavy atom. The number of nitrogens with two attached hydrogens (primary N) is 1. The van der Waals surface area contributed by atoms with Crippen molar-refractivity contribution in [1.82, 2.24) is 4.72 Å². The Morgan fingerprint density at radius 3 is 2.50 bits per heavy atom. The summed E-state index contributed by atoms with van der Waals surface area (Å²) in [6.07, 6.45) is -4.65. The summed E-state index contributed by atoms with van der Waals surface area (Å²) < 4.78 is 69.5. The van der Waals surface area contributed by atoms with Crippen LogP contribution in [0.15, 0.2) is 53.4 Å². The summed E-state index contributed by atoms with van der Waals surface area (Å²) in [5.41, 5.74) is 4.31. The van der Waals surface area contributed by atoms with Gasteiger partial charge in [0.15, 0.2) is 0 Å². The highest BCUT2D eigenvalue weighted by Gasteiger charge is 2.31. The van der Waals surface area contributed by atoms with Crippen molar-refractivity contribution >= 4 is 15.9 Å². The topological polar surface area (TPSA) is 98.5 Å². The van der Waals surface area contributed by atoms with E-state index in [0.29, 0.717) is 6.07 Å². The number of rotatable bonds is 6. The number of hydrogen-bond acceptors (Lipinski definition) is 4. The molecule has 2 aromatic rings. The minimum absolute atomic E-state index is 0.143. The highest BCUT2D eigenvalue weighted by molar-refractivity contribution is 7.89. The number of hydrogen-bond donors (Lipinski definition) is 2. The highest BCUT2D eigenvalue weighted by atomic mass is 32.2. The van der Waals surface area contributed by atoms with Gasteiger partial charge < -0.3 is 10.5 Å². The van der Waals surface area contributed by atoms with Crippen molar-refractivity contribution in [2.75, 3.05) is 13.2 Å². The number of halogens is 3. The number of carbonyl (C=O) groups is 1. The van der Waals surface area contributed by atoms with Crippen LogP contribution in [-0.4, -0.2) is 27.5 Å². The molecule has 0 atom stereocenters. The number of carbonyl (C=O) groups excluding carboxylic acids is 1. The van der Waals surface area contributed by atoms with Crippen LogP contribution in [0.4, 0.5) is 13.2 Å². The Hall–Kier alpha value is -3.03. The molecule has 0 aliphatic carbocycles. The third-order valence-electron chi connectivity index (χ3n) is 3.40. The number of benzene rings is 2. The van der Waals surface area contributed by atoms with Gasteiger partial charge in [-0.05, 0) is 30.3 Å². The number of amides is 1. The Bertz CT molecular complexity index is 1020. The highest BCUT2D eigenvalue weighted by Crippen LogP contribution is 2.30. The Labute approximate surface area is 159 Å². The smallest absolute Gasteiger partial charge is 0.416 e. The van der Waals surface area contributed by atoms with Gasteiger partial charge in [0.1, 0.15) is 12.4 Å². The maximum absolute atomic E-state index is 12.7. The van der Waals surface area contributed by atoms with Gasteiger partial charge in [-0.25, -0.2) is 8.42 Å².